The van der Waals surface area contributed by atoms with Crippen molar-refractivity contribution in [3.63, 3.8) is 0 Å². The summed E-state index contributed by atoms with van der Waals surface area (Å²) in [5.41, 5.74) is 2.96. The van der Waals surface area contributed by atoms with Gasteiger partial charge in [-0.15, -0.1) is 0 Å². The highest BCUT2D eigenvalue weighted by Gasteiger charge is 2.17. The van der Waals surface area contributed by atoms with E-state index in [2.05, 4.69) is 29.4 Å². The van der Waals surface area contributed by atoms with E-state index in [-0.39, 0.29) is 5.91 Å². The summed E-state index contributed by atoms with van der Waals surface area (Å²) in [5.74, 6) is 0.451. The fourth-order valence-corrected chi connectivity index (χ4v) is 3.53. The first-order valence-electron chi connectivity index (χ1n) is 10.7. The lowest BCUT2D eigenvalue weighted by molar-refractivity contribution is -0.115. The molecule has 0 saturated heterocycles. The number of aryl methyl sites for hydroxylation is 1. The third-order valence-corrected chi connectivity index (χ3v) is 5.12. The van der Waals surface area contributed by atoms with E-state index in [9.17, 15) is 4.79 Å². The molecule has 1 aromatic rings. The van der Waals surface area contributed by atoms with E-state index in [1.54, 1.807) is 7.11 Å². The molecule has 2 N–H and O–H groups in total. The lowest BCUT2D eigenvalue weighted by Gasteiger charge is -2.03. The average molecular weight is 373 g/mol. The highest BCUT2D eigenvalue weighted by Crippen LogP contribution is 2.18. The Morgan fingerprint density at radius 1 is 0.926 bits per heavy atom. The zero-order chi connectivity index (χ0) is 19.3. The number of aromatic amines is 1. The number of carbonyl (C=O) groups is 1. The number of carbonyl (C=O) groups excluding carboxylic acids is 1. The molecule has 0 unspecified atom stereocenters. The lowest BCUT2D eigenvalue weighted by Crippen LogP contribution is -2.13. The number of ether oxygens (including phenoxy) is 1. The van der Waals surface area contributed by atoms with Crippen LogP contribution in [0, 0.1) is 0 Å². The molecular weight excluding hydrogens is 336 g/mol. The van der Waals surface area contributed by atoms with Crippen LogP contribution in [0.5, 0.6) is 0 Å². The fourth-order valence-electron chi connectivity index (χ4n) is 3.53. The van der Waals surface area contributed by atoms with E-state index in [1.807, 2.05) is 6.08 Å². The van der Waals surface area contributed by atoms with E-state index in [0.29, 0.717) is 11.5 Å². The van der Waals surface area contributed by atoms with Crippen molar-refractivity contribution < 1.29 is 9.53 Å². The molecule has 0 fully saturated rings. The summed E-state index contributed by atoms with van der Waals surface area (Å²) < 4.78 is 5.21. The molecule has 2 heterocycles. The Balaban J connectivity index is 1.56. The molecular formula is C23H36N2O2. The molecule has 0 spiro atoms. The number of amides is 1. The molecule has 0 aliphatic carbocycles. The monoisotopic (exact) mass is 372 g/mol. The van der Waals surface area contributed by atoms with Crippen LogP contribution in [0.4, 0.5) is 0 Å². The predicted molar refractivity (Wildman–Crippen MR) is 112 cm³/mol. The second kappa shape index (κ2) is 12.4. The summed E-state index contributed by atoms with van der Waals surface area (Å²) in [6.07, 6.45) is 19.5. The van der Waals surface area contributed by atoms with Gasteiger partial charge < -0.3 is 15.0 Å². The number of unbranched alkanes of at least 4 members (excludes halogenated alkanes) is 10. The Kier molecular flexibility index (Phi) is 9.81. The van der Waals surface area contributed by atoms with Crippen molar-refractivity contribution in [2.75, 3.05) is 7.11 Å². The largest absolute Gasteiger partial charge is 0.494 e. The lowest BCUT2D eigenvalue weighted by atomic mass is 10.0. The van der Waals surface area contributed by atoms with E-state index < -0.39 is 0 Å². The minimum absolute atomic E-state index is 0.133. The van der Waals surface area contributed by atoms with Gasteiger partial charge in [0.15, 0.2) is 0 Å². The van der Waals surface area contributed by atoms with E-state index in [4.69, 9.17) is 4.74 Å². The second-order valence-corrected chi connectivity index (χ2v) is 7.48. The maximum atomic E-state index is 11.4. The smallest absolute Gasteiger partial charge is 0.252 e. The molecule has 1 aliphatic heterocycles. The zero-order valence-electron chi connectivity index (χ0n) is 17.1. The van der Waals surface area contributed by atoms with Gasteiger partial charge in [-0.25, -0.2) is 0 Å². The summed E-state index contributed by atoms with van der Waals surface area (Å²) >= 11 is 0. The Bertz CT molecular complexity index is 628. The first-order valence-corrected chi connectivity index (χ1v) is 10.7. The number of H-pyrrole nitrogens is 1. The molecule has 4 heteroatoms. The van der Waals surface area contributed by atoms with E-state index in [1.165, 1.54) is 82.4 Å². The van der Waals surface area contributed by atoms with Gasteiger partial charge in [0.1, 0.15) is 5.76 Å². The normalized spacial score (nSPS) is 15.3. The SMILES string of the molecule is CCCCCCCCCCCCCc1ccc(/C=C2\NC(=O)C=C2OC)[nH]1. The van der Waals surface area contributed by atoms with E-state index >= 15 is 0 Å². The van der Waals surface area contributed by atoms with Crippen LogP contribution in [0.25, 0.3) is 6.08 Å². The van der Waals surface area contributed by atoms with Gasteiger partial charge in [0.25, 0.3) is 5.91 Å². The molecule has 0 aromatic carbocycles. The highest BCUT2D eigenvalue weighted by molar-refractivity contribution is 5.95. The topological polar surface area (TPSA) is 54.1 Å². The van der Waals surface area contributed by atoms with Crippen LogP contribution in [-0.4, -0.2) is 18.0 Å². The number of hydrogen-bond acceptors (Lipinski definition) is 2. The molecule has 4 nitrogen and oxygen atoms in total. The fraction of sp³-hybridized carbons (Fsp3) is 0.609. The first kappa shape index (κ1) is 21.3. The molecule has 1 aromatic heterocycles. The van der Waals surface area contributed by atoms with Gasteiger partial charge in [-0.3, -0.25) is 4.79 Å². The summed E-state index contributed by atoms with van der Waals surface area (Å²) in [4.78, 5) is 14.9. The third-order valence-electron chi connectivity index (χ3n) is 5.12. The second-order valence-electron chi connectivity index (χ2n) is 7.48. The summed E-state index contributed by atoms with van der Waals surface area (Å²) in [7, 11) is 1.58. The van der Waals surface area contributed by atoms with Crippen molar-refractivity contribution in [3.8, 4) is 0 Å². The Morgan fingerprint density at radius 2 is 1.56 bits per heavy atom. The molecule has 1 aliphatic rings. The average Bonchev–Trinajstić information content (AvgIpc) is 3.25. The number of rotatable bonds is 14. The van der Waals surface area contributed by atoms with Gasteiger partial charge in [-0.2, -0.15) is 0 Å². The number of nitrogens with one attached hydrogen (secondary N) is 2. The molecule has 27 heavy (non-hydrogen) atoms. The summed E-state index contributed by atoms with van der Waals surface area (Å²) in [6.45, 7) is 2.27. The van der Waals surface area contributed by atoms with Crippen LogP contribution in [0.2, 0.25) is 0 Å². The van der Waals surface area contributed by atoms with Crippen molar-refractivity contribution in [1.29, 1.82) is 0 Å². The van der Waals surface area contributed by atoms with Gasteiger partial charge in [0.05, 0.1) is 12.8 Å². The van der Waals surface area contributed by atoms with Gasteiger partial charge in [0, 0.05) is 17.5 Å². The predicted octanol–water partition coefficient (Wildman–Crippen LogP) is 5.87. The van der Waals surface area contributed by atoms with Crippen molar-refractivity contribution in [1.82, 2.24) is 10.3 Å². The Labute approximate surface area is 164 Å². The zero-order valence-corrected chi connectivity index (χ0v) is 17.1. The van der Waals surface area contributed by atoms with Crippen LogP contribution >= 0.6 is 0 Å². The summed E-state index contributed by atoms with van der Waals surface area (Å²) in [6, 6.07) is 4.19. The first-order chi connectivity index (χ1) is 13.2. The molecule has 1 amide bonds. The van der Waals surface area contributed by atoms with Crippen LogP contribution in [0.3, 0.4) is 0 Å². The van der Waals surface area contributed by atoms with Gasteiger partial charge in [-0.1, -0.05) is 71.1 Å². The minimum Gasteiger partial charge on any atom is -0.494 e. The number of hydrogen-bond donors (Lipinski definition) is 2. The molecule has 0 saturated carbocycles. The van der Waals surface area contributed by atoms with Crippen molar-refractivity contribution in [2.24, 2.45) is 0 Å². The Morgan fingerprint density at radius 3 is 2.19 bits per heavy atom. The molecule has 0 bridgehead atoms. The molecule has 0 radical (unpaired) electrons. The maximum Gasteiger partial charge on any atom is 0.252 e. The van der Waals surface area contributed by atoms with Crippen LogP contribution in [0.1, 0.15) is 88.9 Å². The summed E-state index contributed by atoms with van der Waals surface area (Å²) in [5, 5.41) is 2.79. The third kappa shape index (κ3) is 8.06. The number of methoxy groups -OCH3 is 1. The van der Waals surface area contributed by atoms with Crippen LogP contribution in [-0.2, 0) is 16.0 Å². The van der Waals surface area contributed by atoms with Crippen molar-refractivity contribution in [3.05, 3.63) is 41.1 Å². The number of aromatic nitrogens is 1. The maximum absolute atomic E-state index is 11.4. The molecule has 150 valence electrons. The molecule has 2 rings (SSSR count). The highest BCUT2D eigenvalue weighted by atomic mass is 16.5. The Hall–Kier alpha value is -1.97. The van der Waals surface area contributed by atoms with E-state index in [0.717, 1.165) is 12.1 Å². The van der Waals surface area contributed by atoms with Crippen LogP contribution in [0.15, 0.2) is 29.7 Å². The minimum atomic E-state index is -0.133. The van der Waals surface area contributed by atoms with Gasteiger partial charge in [0.2, 0.25) is 0 Å². The quantitative estimate of drug-likeness (QED) is 0.401. The van der Waals surface area contributed by atoms with Crippen molar-refractivity contribution in [2.45, 2.75) is 84.0 Å². The standard InChI is InChI=1S/C23H36N2O2/c1-3-4-5-6-7-8-9-10-11-12-13-14-19-15-16-20(24-19)17-21-22(27-2)18-23(26)25-21/h15-18,24H,3-14H2,1-2H3,(H,25,26)/b21-17-. The molecule has 0 atom stereocenters. The van der Waals surface area contributed by atoms with Crippen LogP contribution < -0.4 is 5.32 Å². The van der Waals surface area contributed by atoms with Gasteiger partial charge >= 0.3 is 0 Å². The van der Waals surface area contributed by atoms with Crippen molar-refractivity contribution >= 4 is 12.0 Å². The van der Waals surface area contributed by atoms with Gasteiger partial charge in [-0.05, 0) is 31.1 Å².